The summed E-state index contributed by atoms with van der Waals surface area (Å²) >= 11 is 0. The van der Waals surface area contributed by atoms with E-state index in [0.717, 1.165) is 19.5 Å². The number of carbonyl (C=O) groups is 1. The minimum absolute atomic E-state index is 0. The van der Waals surface area contributed by atoms with Crippen LogP contribution in [-0.2, 0) is 9.53 Å². The Kier molecular flexibility index (Phi) is 5.35. The van der Waals surface area contributed by atoms with Crippen LogP contribution in [0.2, 0.25) is 0 Å². The summed E-state index contributed by atoms with van der Waals surface area (Å²) in [5.74, 6) is 0.551. The Morgan fingerprint density at radius 1 is 1.70 bits per heavy atom. The zero-order valence-corrected chi connectivity index (χ0v) is 6.52. The van der Waals surface area contributed by atoms with E-state index in [2.05, 4.69) is 10.1 Å². The largest absolute Gasteiger partial charge is 0.468 e. The van der Waals surface area contributed by atoms with Crippen molar-refractivity contribution in [3.8, 4) is 0 Å². The second-order valence-corrected chi connectivity index (χ2v) is 2.29. The molecule has 0 amide bonds. The molecule has 0 aromatic rings. The fraction of sp³-hybridized carbons (Fsp3) is 0.833. The van der Waals surface area contributed by atoms with Crippen LogP contribution in [-0.4, -0.2) is 26.2 Å². The molecule has 4 heteroatoms. The maximum Gasteiger partial charge on any atom is 0.293 e. The van der Waals surface area contributed by atoms with E-state index in [9.17, 15) is 4.79 Å². The van der Waals surface area contributed by atoms with Crippen molar-refractivity contribution in [3.63, 3.8) is 0 Å². The van der Waals surface area contributed by atoms with Crippen LogP contribution in [0, 0.1) is 5.92 Å². The van der Waals surface area contributed by atoms with Gasteiger partial charge in [-0.15, -0.1) is 12.4 Å². The summed E-state index contributed by atoms with van der Waals surface area (Å²) in [4.78, 5) is 9.72. The molecule has 60 valence electrons. The van der Waals surface area contributed by atoms with Crippen LogP contribution in [0.3, 0.4) is 0 Å². The van der Waals surface area contributed by atoms with Gasteiger partial charge in [0.25, 0.3) is 6.47 Å². The smallest absolute Gasteiger partial charge is 0.293 e. The number of nitrogens with one attached hydrogen (secondary N) is 1. The van der Waals surface area contributed by atoms with Crippen molar-refractivity contribution in [2.24, 2.45) is 5.92 Å². The van der Waals surface area contributed by atoms with Gasteiger partial charge in [0.1, 0.15) is 0 Å². The SMILES string of the molecule is Cl.O=COCC1CCNC1. The van der Waals surface area contributed by atoms with Crippen molar-refractivity contribution in [1.82, 2.24) is 5.32 Å². The monoisotopic (exact) mass is 165 g/mol. The number of rotatable bonds is 3. The molecule has 1 N–H and O–H groups in total. The first-order valence-electron chi connectivity index (χ1n) is 3.19. The predicted octanol–water partition coefficient (Wildman–Crippen LogP) is 0.191. The van der Waals surface area contributed by atoms with Gasteiger partial charge in [0.15, 0.2) is 0 Å². The average Bonchev–Trinajstić information content (AvgIpc) is 2.34. The summed E-state index contributed by atoms with van der Waals surface area (Å²) in [6.45, 7) is 3.15. The summed E-state index contributed by atoms with van der Waals surface area (Å²) in [5.41, 5.74) is 0. The topological polar surface area (TPSA) is 38.3 Å². The van der Waals surface area contributed by atoms with Crippen LogP contribution < -0.4 is 5.32 Å². The van der Waals surface area contributed by atoms with Crippen LogP contribution in [0.25, 0.3) is 0 Å². The van der Waals surface area contributed by atoms with Gasteiger partial charge in [0.05, 0.1) is 6.61 Å². The molecule has 0 saturated carbocycles. The van der Waals surface area contributed by atoms with Crippen molar-refractivity contribution in [3.05, 3.63) is 0 Å². The van der Waals surface area contributed by atoms with Crippen molar-refractivity contribution in [2.45, 2.75) is 6.42 Å². The van der Waals surface area contributed by atoms with Gasteiger partial charge in [0, 0.05) is 12.5 Å². The van der Waals surface area contributed by atoms with E-state index in [4.69, 9.17) is 0 Å². The Morgan fingerprint density at radius 2 is 2.50 bits per heavy atom. The first-order valence-corrected chi connectivity index (χ1v) is 3.19. The molecule has 0 aromatic heterocycles. The molecule has 1 fully saturated rings. The molecule has 0 spiro atoms. The molecular weight excluding hydrogens is 154 g/mol. The molecule has 0 radical (unpaired) electrons. The second-order valence-electron chi connectivity index (χ2n) is 2.29. The van der Waals surface area contributed by atoms with E-state index in [1.165, 1.54) is 0 Å². The number of ether oxygens (including phenoxy) is 1. The van der Waals surface area contributed by atoms with Gasteiger partial charge in [-0.3, -0.25) is 4.79 Å². The number of hydrogen-bond donors (Lipinski definition) is 1. The van der Waals surface area contributed by atoms with Crippen LogP contribution in [0.15, 0.2) is 0 Å². The fourth-order valence-electron chi connectivity index (χ4n) is 1.03. The van der Waals surface area contributed by atoms with Crippen molar-refractivity contribution in [2.75, 3.05) is 19.7 Å². The van der Waals surface area contributed by atoms with Crippen LogP contribution in [0.5, 0.6) is 0 Å². The molecule has 1 rings (SSSR count). The number of carbonyl (C=O) groups excluding carboxylic acids is 1. The highest BCUT2D eigenvalue weighted by molar-refractivity contribution is 5.85. The first-order chi connectivity index (χ1) is 4.43. The van der Waals surface area contributed by atoms with Crippen LogP contribution >= 0.6 is 12.4 Å². The van der Waals surface area contributed by atoms with Gasteiger partial charge >= 0.3 is 0 Å². The van der Waals surface area contributed by atoms with Crippen LogP contribution in [0.1, 0.15) is 6.42 Å². The zero-order valence-electron chi connectivity index (χ0n) is 5.71. The standard InChI is InChI=1S/C6H11NO2.ClH/c8-5-9-4-6-1-2-7-3-6;/h5-7H,1-4H2;1H. The van der Waals surface area contributed by atoms with Crippen molar-refractivity contribution >= 4 is 18.9 Å². The molecule has 0 aliphatic carbocycles. The van der Waals surface area contributed by atoms with E-state index >= 15 is 0 Å². The minimum Gasteiger partial charge on any atom is -0.468 e. The summed E-state index contributed by atoms with van der Waals surface area (Å²) < 4.78 is 4.60. The molecule has 0 bridgehead atoms. The average molecular weight is 166 g/mol. The zero-order chi connectivity index (χ0) is 6.53. The van der Waals surface area contributed by atoms with Gasteiger partial charge in [0.2, 0.25) is 0 Å². The lowest BCUT2D eigenvalue weighted by molar-refractivity contribution is -0.129. The quantitative estimate of drug-likeness (QED) is 0.607. The molecular formula is C6H12ClNO2. The van der Waals surface area contributed by atoms with Gasteiger partial charge in [-0.1, -0.05) is 0 Å². The Bertz CT molecular complexity index is 93.7. The highest BCUT2D eigenvalue weighted by Crippen LogP contribution is 2.06. The Hall–Kier alpha value is -0.280. The second kappa shape index (κ2) is 5.50. The molecule has 1 atom stereocenters. The first kappa shape index (κ1) is 9.72. The summed E-state index contributed by atoms with van der Waals surface area (Å²) in [5, 5.41) is 3.19. The normalized spacial score (nSPS) is 23.4. The van der Waals surface area contributed by atoms with E-state index in [1.54, 1.807) is 0 Å². The Balaban J connectivity index is 0.000000810. The molecule has 0 aromatic carbocycles. The summed E-state index contributed by atoms with van der Waals surface area (Å²) in [6.07, 6.45) is 1.13. The Morgan fingerprint density at radius 3 is 3.00 bits per heavy atom. The molecule has 10 heavy (non-hydrogen) atoms. The molecule has 1 aliphatic rings. The minimum atomic E-state index is 0. The number of halogens is 1. The third-order valence-corrected chi connectivity index (χ3v) is 1.56. The predicted molar refractivity (Wildman–Crippen MR) is 40.2 cm³/mol. The van der Waals surface area contributed by atoms with Gasteiger partial charge in [-0.25, -0.2) is 0 Å². The highest BCUT2D eigenvalue weighted by atomic mass is 35.5. The summed E-state index contributed by atoms with van der Waals surface area (Å²) in [7, 11) is 0. The van der Waals surface area contributed by atoms with E-state index in [0.29, 0.717) is 19.0 Å². The van der Waals surface area contributed by atoms with Crippen LogP contribution in [0.4, 0.5) is 0 Å². The maximum absolute atomic E-state index is 9.72. The lowest BCUT2D eigenvalue weighted by Crippen LogP contribution is -2.13. The third kappa shape index (κ3) is 3.03. The van der Waals surface area contributed by atoms with Gasteiger partial charge in [-0.2, -0.15) is 0 Å². The molecule has 1 unspecified atom stereocenters. The van der Waals surface area contributed by atoms with Gasteiger partial charge < -0.3 is 10.1 Å². The molecule has 1 heterocycles. The van der Waals surface area contributed by atoms with E-state index in [-0.39, 0.29) is 12.4 Å². The highest BCUT2D eigenvalue weighted by Gasteiger charge is 2.13. The van der Waals surface area contributed by atoms with Crippen molar-refractivity contribution < 1.29 is 9.53 Å². The summed E-state index contributed by atoms with van der Waals surface area (Å²) in [6, 6.07) is 0. The van der Waals surface area contributed by atoms with Gasteiger partial charge in [-0.05, 0) is 13.0 Å². The number of hydrogen-bond acceptors (Lipinski definition) is 3. The van der Waals surface area contributed by atoms with E-state index in [1.807, 2.05) is 0 Å². The lowest BCUT2D eigenvalue weighted by atomic mass is 10.1. The Labute approximate surface area is 66.5 Å². The maximum atomic E-state index is 9.72. The third-order valence-electron chi connectivity index (χ3n) is 1.56. The lowest BCUT2D eigenvalue weighted by Gasteiger charge is -2.03. The van der Waals surface area contributed by atoms with E-state index < -0.39 is 0 Å². The molecule has 1 aliphatic heterocycles. The van der Waals surface area contributed by atoms with Crippen molar-refractivity contribution in [1.29, 1.82) is 0 Å². The molecule has 3 nitrogen and oxygen atoms in total. The fourth-order valence-corrected chi connectivity index (χ4v) is 1.03. The molecule has 1 saturated heterocycles.